The number of hydrogen-bond acceptors (Lipinski definition) is 5. The summed E-state index contributed by atoms with van der Waals surface area (Å²) in [5.74, 6) is 1.24. The fourth-order valence-corrected chi connectivity index (χ4v) is 3.47. The van der Waals surface area contributed by atoms with Crippen molar-refractivity contribution in [3.63, 3.8) is 0 Å². The molecule has 32 heavy (non-hydrogen) atoms. The van der Waals surface area contributed by atoms with Crippen LogP contribution in [0.4, 0.5) is 0 Å². The Hall–Kier alpha value is -3.98. The number of nitrogens with one attached hydrogen (secondary N) is 1. The number of aryl methyl sites for hydroxylation is 3. The van der Waals surface area contributed by atoms with Gasteiger partial charge >= 0.3 is 0 Å². The van der Waals surface area contributed by atoms with E-state index in [1.807, 2.05) is 6.07 Å². The Morgan fingerprint density at radius 3 is 2.50 bits per heavy atom. The summed E-state index contributed by atoms with van der Waals surface area (Å²) in [6.07, 6.45) is 3.04. The molecule has 2 aromatic carbocycles. The molecule has 1 heterocycles. The molecule has 0 aliphatic heterocycles. The van der Waals surface area contributed by atoms with E-state index in [-0.39, 0.29) is 12.1 Å². The fraction of sp³-hybridized carbons (Fsp3) is 0.231. The van der Waals surface area contributed by atoms with Crippen LogP contribution in [-0.2, 0) is 17.9 Å². The minimum Gasteiger partial charge on any atom is -0.493 e. The number of nitriles is 1. The molecule has 1 amide bonds. The molecule has 164 valence electrons. The van der Waals surface area contributed by atoms with Gasteiger partial charge in [0.25, 0.3) is 5.91 Å². The summed E-state index contributed by atoms with van der Waals surface area (Å²) >= 11 is 0. The zero-order valence-electron chi connectivity index (χ0n) is 18.7. The molecule has 1 aromatic heterocycles. The van der Waals surface area contributed by atoms with Crippen molar-refractivity contribution in [3.05, 3.63) is 87.9 Å². The Labute approximate surface area is 188 Å². The van der Waals surface area contributed by atoms with Crippen LogP contribution in [0.5, 0.6) is 11.5 Å². The fourth-order valence-electron chi connectivity index (χ4n) is 3.47. The maximum atomic E-state index is 12.3. The third kappa shape index (κ3) is 5.58. The van der Waals surface area contributed by atoms with Crippen molar-refractivity contribution in [1.29, 1.82) is 5.26 Å². The standard InChI is InChI=1S/C26H26N2O4/c1-17-10-18(2)23(19(3)11-17)16-32-24-8-7-20(13-25(24)30-4)12-21(14-27)26(29)28-15-22-6-5-9-31-22/h5-13H,15-16H2,1-4H3,(H,28,29). The monoisotopic (exact) mass is 430 g/mol. The molecule has 0 saturated carbocycles. The van der Waals surface area contributed by atoms with Crippen LogP contribution in [0.3, 0.4) is 0 Å². The summed E-state index contributed by atoms with van der Waals surface area (Å²) in [6.45, 7) is 6.85. The van der Waals surface area contributed by atoms with Gasteiger partial charge in [0, 0.05) is 0 Å². The van der Waals surface area contributed by atoms with Gasteiger partial charge in [-0.15, -0.1) is 0 Å². The summed E-state index contributed by atoms with van der Waals surface area (Å²) < 4.78 is 16.7. The predicted octanol–water partition coefficient (Wildman–Crippen LogP) is 5.02. The van der Waals surface area contributed by atoms with Gasteiger partial charge in [0.15, 0.2) is 11.5 Å². The van der Waals surface area contributed by atoms with Gasteiger partial charge < -0.3 is 19.2 Å². The Bertz CT molecular complexity index is 1150. The van der Waals surface area contributed by atoms with E-state index in [1.54, 1.807) is 37.4 Å². The van der Waals surface area contributed by atoms with Crippen molar-refractivity contribution in [2.45, 2.75) is 33.9 Å². The summed E-state index contributed by atoms with van der Waals surface area (Å²) in [7, 11) is 1.55. The molecule has 3 rings (SSSR count). The second-order valence-electron chi connectivity index (χ2n) is 7.51. The molecule has 0 aliphatic rings. The van der Waals surface area contributed by atoms with Crippen LogP contribution >= 0.6 is 0 Å². The van der Waals surface area contributed by atoms with E-state index in [0.717, 1.165) is 5.56 Å². The van der Waals surface area contributed by atoms with Crippen molar-refractivity contribution in [3.8, 4) is 17.6 Å². The van der Waals surface area contributed by atoms with Crippen LogP contribution in [0.2, 0.25) is 0 Å². The lowest BCUT2D eigenvalue weighted by atomic mass is 10.0. The number of benzene rings is 2. The van der Waals surface area contributed by atoms with Gasteiger partial charge in [-0.05, 0) is 73.4 Å². The molecule has 0 fully saturated rings. The molecule has 0 bridgehead atoms. The molecular weight excluding hydrogens is 404 g/mol. The van der Waals surface area contributed by atoms with E-state index in [2.05, 4.69) is 38.2 Å². The first-order valence-electron chi connectivity index (χ1n) is 10.2. The summed E-state index contributed by atoms with van der Waals surface area (Å²) in [5.41, 5.74) is 5.36. The molecule has 0 radical (unpaired) electrons. The van der Waals surface area contributed by atoms with Crippen LogP contribution in [0, 0.1) is 32.1 Å². The Morgan fingerprint density at radius 2 is 1.88 bits per heavy atom. The van der Waals surface area contributed by atoms with E-state index >= 15 is 0 Å². The third-order valence-electron chi connectivity index (χ3n) is 5.08. The molecule has 0 atom stereocenters. The highest BCUT2D eigenvalue weighted by Crippen LogP contribution is 2.30. The van der Waals surface area contributed by atoms with E-state index in [0.29, 0.717) is 29.4 Å². The van der Waals surface area contributed by atoms with Gasteiger partial charge in [-0.3, -0.25) is 4.79 Å². The quantitative estimate of drug-likeness (QED) is 0.401. The first-order chi connectivity index (χ1) is 15.4. The Balaban J connectivity index is 1.73. The van der Waals surface area contributed by atoms with Crippen molar-refractivity contribution in [2.24, 2.45) is 0 Å². The van der Waals surface area contributed by atoms with Gasteiger partial charge in [0.2, 0.25) is 0 Å². The van der Waals surface area contributed by atoms with Gasteiger partial charge in [0.1, 0.15) is 24.0 Å². The first kappa shape index (κ1) is 22.7. The highest BCUT2D eigenvalue weighted by molar-refractivity contribution is 6.01. The second kappa shape index (κ2) is 10.4. The average molecular weight is 431 g/mol. The van der Waals surface area contributed by atoms with Crippen LogP contribution in [0.15, 0.2) is 58.7 Å². The number of carbonyl (C=O) groups is 1. The Morgan fingerprint density at radius 1 is 1.12 bits per heavy atom. The van der Waals surface area contributed by atoms with E-state index in [1.165, 1.54) is 29.0 Å². The van der Waals surface area contributed by atoms with Gasteiger partial charge in [-0.1, -0.05) is 23.8 Å². The lowest BCUT2D eigenvalue weighted by Gasteiger charge is -2.15. The van der Waals surface area contributed by atoms with E-state index in [9.17, 15) is 10.1 Å². The lowest BCUT2D eigenvalue weighted by molar-refractivity contribution is -0.117. The molecule has 0 unspecified atom stereocenters. The number of rotatable bonds is 8. The van der Waals surface area contributed by atoms with Crippen LogP contribution in [0.1, 0.15) is 33.6 Å². The van der Waals surface area contributed by atoms with Crippen LogP contribution in [0.25, 0.3) is 6.08 Å². The van der Waals surface area contributed by atoms with E-state index < -0.39 is 5.91 Å². The predicted molar refractivity (Wildman–Crippen MR) is 122 cm³/mol. The van der Waals surface area contributed by atoms with Gasteiger partial charge in [-0.2, -0.15) is 5.26 Å². The number of furan rings is 1. The Kier molecular flexibility index (Phi) is 7.35. The van der Waals surface area contributed by atoms with Gasteiger partial charge in [-0.25, -0.2) is 0 Å². The van der Waals surface area contributed by atoms with Crippen molar-refractivity contribution >= 4 is 12.0 Å². The first-order valence-corrected chi connectivity index (χ1v) is 10.2. The van der Waals surface area contributed by atoms with Crippen LogP contribution < -0.4 is 14.8 Å². The largest absolute Gasteiger partial charge is 0.493 e. The van der Waals surface area contributed by atoms with Crippen molar-refractivity contribution < 1.29 is 18.7 Å². The summed E-state index contributed by atoms with van der Waals surface area (Å²) in [5, 5.41) is 12.1. The molecule has 6 heteroatoms. The van der Waals surface area contributed by atoms with Crippen molar-refractivity contribution in [1.82, 2.24) is 5.32 Å². The second-order valence-corrected chi connectivity index (χ2v) is 7.51. The smallest absolute Gasteiger partial charge is 0.262 e. The summed E-state index contributed by atoms with van der Waals surface area (Å²) in [6, 6.07) is 15.0. The molecule has 0 aliphatic carbocycles. The number of carbonyl (C=O) groups excluding carboxylic acids is 1. The normalized spacial score (nSPS) is 11.0. The number of hydrogen-bond donors (Lipinski definition) is 1. The SMILES string of the molecule is COc1cc(C=C(C#N)C(=O)NCc2ccco2)ccc1OCc1c(C)cc(C)cc1C. The zero-order valence-corrected chi connectivity index (χ0v) is 18.7. The highest BCUT2D eigenvalue weighted by Gasteiger charge is 2.12. The zero-order chi connectivity index (χ0) is 23.1. The maximum Gasteiger partial charge on any atom is 0.262 e. The molecule has 0 spiro atoms. The minimum atomic E-state index is -0.478. The number of ether oxygens (including phenoxy) is 2. The topological polar surface area (TPSA) is 84.5 Å². The number of amides is 1. The molecular formula is C26H26N2O4. The number of methoxy groups -OCH3 is 1. The minimum absolute atomic E-state index is 0.0156. The number of nitrogens with zero attached hydrogens (tertiary/aromatic N) is 1. The molecule has 0 saturated heterocycles. The van der Waals surface area contributed by atoms with Crippen molar-refractivity contribution in [2.75, 3.05) is 7.11 Å². The maximum absolute atomic E-state index is 12.3. The van der Waals surface area contributed by atoms with Crippen LogP contribution in [-0.4, -0.2) is 13.0 Å². The third-order valence-corrected chi connectivity index (χ3v) is 5.08. The summed E-state index contributed by atoms with van der Waals surface area (Å²) in [4.78, 5) is 12.3. The molecule has 6 nitrogen and oxygen atoms in total. The molecule has 3 aromatic rings. The van der Waals surface area contributed by atoms with Gasteiger partial charge in [0.05, 0.1) is 19.9 Å². The van der Waals surface area contributed by atoms with E-state index in [4.69, 9.17) is 13.9 Å². The average Bonchev–Trinajstić information content (AvgIpc) is 3.29. The highest BCUT2D eigenvalue weighted by atomic mass is 16.5. The lowest BCUT2D eigenvalue weighted by Crippen LogP contribution is -2.23. The molecule has 1 N–H and O–H groups in total.